The smallest absolute Gasteiger partial charge is 0.0935 e. The van der Waals surface area contributed by atoms with Crippen LogP contribution in [0.3, 0.4) is 0 Å². The van der Waals surface area contributed by atoms with Gasteiger partial charge in [0.05, 0.1) is 24.7 Å². The Morgan fingerprint density at radius 2 is 2.50 bits per heavy atom. The van der Waals surface area contributed by atoms with Gasteiger partial charge in [-0.3, -0.25) is 0 Å². The van der Waals surface area contributed by atoms with Crippen LogP contribution in [0.5, 0.6) is 0 Å². The van der Waals surface area contributed by atoms with E-state index in [4.69, 9.17) is 9.15 Å². The highest BCUT2D eigenvalue weighted by Gasteiger charge is 2.30. The molecule has 1 saturated heterocycles. The molecule has 3 heteroatoms. The molecule has 1 aromatic rings. The summed E-state index contributed by atoms with van der Waals surface area (Å²) in [5.41, 5.74) is 1.05. The fourth-order valence-electron chi connectivity index (χ4n) is 2.06. The number of furan rings is 1. The first-order chi connectivity index (χ1) is 6.77. The molecule has 78 valence electrons. The van der Waals surface area contributed by atoms with Crippen molar-refractivity contribution >= 4 is 0 Å². The zero-order chi connectivity index (χ0) is 9.97. The summed E-state index contributed by atoms with van der Waals surface area (Å²) in [5, 5.41) is 9.97. The summed E-state index contributed by atoms with van der Waals surface area (Å²) in [5.74, 6) is 0.268. The van der Waals surface area contributed by atoms with Gasteiger partial charge in [-0.05, 0) is 25.0 Å². The standard InChI is InChI=1S/C11H16O3/c1-8-10(3-5-14-8)11(12)6-9-2-4-13-7-9/h2,4,7-8,10-12H,3,5-6H2,1H3. The highest BCUT2D eigenvalue weighted by Crippen LogP contribution is 2.25. The molecule has 0 radical (unpaired) electrons. The van der Waals surface area contributed by atoms with Gasteiger partial charge in [-0.15, -0.1) is 0 Å². The van der Waals surface area contributed by atoms with Gasteiger partial charge in [0.2, 0.25) is 0 Å². The van der Waals surface area contributed by atoms with Crippen molar-refractivity contribution in [1.82, 2.24) is 0 Å². The largest absolute Gasteiger partial charge is 0.472 e. The van der Waals surface area contributed by atoms with Crippen LogP contribution < -0.4 is 0 Å². The second-order valence-electron chi connectivity index (χ2n) is 3.93. The molecule has 3 unspecified atom stereocenters. The zero-order valence-corrected chi connectivity index (χ0v) is 8.35. The number of ether oxygens (including phenoxy) is 1. The summed E-state index contributed by atoms with van der Waals surface area (Å²) in [6.07, 6.45) is 4.80. The first kappa shape index (κ1) is 9.74. The fourth-order valence-corrected chi connectivity index (χ4v) is 2.06. The van der Waals surface area contributed by atoms with Crippen molar-refractivity contribution in [3.05, 3.63) is 24.2 Å². The summed E-state index contributed by atoms with van der Waals surface area (Å²) in [7, 11) is 0. The van der Waals surface area contributed by atoms with Gasteiger partial charge in [-0.2, -0.15) is 0 Å². The van der Waals surface area contributed by atoms with E-state index in [-0.39, 0.29) is 18.1 Å². The maximum absolute atomic E-state index is 9.97. The third kappa shape index (κ3) is 1.99. The van der Waals surface area contributed by atoms with Gasteiger partial charge >= 0.3 is 0 Å². The third-order valence-corrected chi connectivity index (χ3v) is 2.95. The van der Waals surface area contributed by atoms with Crippen molar-refractivity contribution in [3.8, 4) is 0 Å². The van der Waals surface area contributed by atoms with Gasteiger partial charge in [0.1, 0.15) is 0 Å². The minimum absolute atomic E-state index is 0.178. The van der Waals surface area contributed by atoms with E-state index in [1.807, 2.05) is 13.0 Å². The van der Waals surface area contributed by atoms with Gasteiger partial charge in [-0.25, -0.2) is 0 Å². The Bertz CT molecular complexity index is 268. The van der Waals surface area contributed by atoms with Crippen LogP contribution in [-0.2, 0) is 11.2 Å². The van der Waals surface area contributed by atoms with E-state index in [2.05, 4.69) is 0 Å². The number of aliphatic hydroxyl groups is 1. The lowest BCUT2D eigenvalue weighted by Crippen LogP contribution is -2.27. The van der Waals surface area contributed by atoms with E-state index in [1.54, 1.807) is 12.5 Å². The molecular formula is C11H16O3. The summed E-state index contributed by atoms with van der Waals surface area (Å²) >= 11 is 0. The molecule has 2 rings (SSSR count). The molecule has 0 amide bonds. The lowest BCUT2D eigenvalue weighted by molar-refractivity contribution is 0.0440. The van der Waals surface area contributed by atoms with Crippen molar-refractivity contribution in [1.29, 1.82) is 0 Å². The highest BCUT2D eigenvalue weighted by molar-refractivity contribution is 5.07. The average Bonchev–Trinajstić information content (AvgIpc) is 2.75. The Hall–Kier alpha value is -0.800. The molecule has 1 aromatic heterocycles. The number of hydrogen-bond acceptors (Lipinski definition) is 3. The summed E-state index contributed by atoms with van der Waals surface area (Å²) in [4.78, 5) is 0. The molecule has 14 heavy (non-hydrogen) atoms. The van der Waals surface area contributed by atoms with Crippen molar-refractivity contribution in [3.63, 3.8) is 0 Å². The average molecular weight is 196 g/mol. The second kappa shape index (κ2) is 4.15. The predicted octanol–water partition coefficient (Wildman–Crippen LogP) is 1.61. The van der Waals surface area contributed by atoms with Crippen molar-refractivity contribution < 1.29 is 14.3 Å². The van der Waals surface area contributed by atoms with Crippen LogP contribution in [0.4, 0.5) is 0 Å². The molecule has 0 bridgehead atoms. The highest BCUT2D eigenvalue weighted by atomic mass is 16.5. The minimum Gasteiger partial charge on any atom is -0.472 e. The maximum Gasteiger partial charge on any atom is 0.0935 e. The quantitative estimate of drug-likeness (QED) is 0.798. The van der Waals surface area contributed by atoms with Crippen LogP contribution in [0.2, 0.25) is 0 Å². The molecule has 3 atom stereocenters. The van der Waals surface area contributed by atoms with E-state index in [0.717, 1.165) is 18.6 Å². The van der Waals surface area contributed by atoms with Gasteiger partial charge in [0.15, 0.2) is 0 Å². The first-order valence-electron chi connectivity index (χ1n) is 5.08. The molecule has 0 spiro atoms. The Labute approximate surface area is 83.7 Å². The predicted molar refractivity (Wildman–Crippen MR) is 51.9 cm³/mol. The normalized spacial score (nSPS) is 29.3. The van der Waals surface area contributed by atoms with Crippen LogP contribution in [0, 0.1) is 5.92 Å². The first-order valence-corrected chi connectivity index (χ1v) is 5.08. The van der Waals surface area contributed by atoms with E-state index < -0.39 is 0 Å². The Balaban J connectivity index is 1.92. The van der Waals surface area contributed by atoms with E-state index >= 15 is 0 Å². The molecule has 1 fully saturated rings. The summed E-state index contributed by atoms with van der Waals surface area (Å²) in [6.45, 7) is 2.80. The number of rotatable bonds is 3. The van der Waals surface area contributed by atoms with Crippen LogP contribution >= 0.6 is 0 Å². The van der Waals surface area contributed by atoms with Crippen molar-refractivity contribution in [2.75, 3.05) is 6.61 Å². The Morgan fingerprint density at radius 1 is 1.64 bits per heavy atom. The minimum atomic E-state index is -0.315. The molecule has 3 nitrogen and oxygen atoms in total. The van der Waals surface area contributed by atoms with Gasteiger partial charge < -0.3 is 14.3 Å². The maximum atomic E-state index is 9.97. The topological polar surface area (TPSA) is 42.6 Å². The lowest BCUT2D eigenvalue weighted by atomic mass is 9.92. The van der Waals surface area contributed by atoms with Crippen molar-refractivity contribution in [2.24, 2.45) is 5.92 Å². The van der Waals surface area contributed by atoms with Gasteiger partial charge in [0.25, 0.3) is 0 Å². The molecule has 0 aliphatic carbocycles. The van der Waals surface area contributed by atoms with E-state index in [1.165, 1.54) is 0 Å². The SMILES string of the molecule is CC1OCCC1C(O)Cc1ccoc1. The summed E-state index contributed by atoms with van der Waals surface area (Å²) in [6, 6.07) is 1.89. The van der Waals surface area contributed by atoms with E-state index in [9.17, 15) is 5.11 Å². The summed E-state index contributed by atoms with van der Waals surface area (Å²) < 4.78 is 10.4. The van der Waals surface area contributed by atoms with Crippen LogP contribution in [0.1, 0.15) is 18.9 Å². The monoisotopic (exact) mass is 196 g/mol. The molecule has 2 heterocycles. The third-order valence-electron chi connectivity index (χ3n) is 2.95. The lowest BCUT2D eigenvalue weighted by Gasteiger charge is -2.20. The zero-order valence-electron chi connectivity index (χ0n) is 8.35. The Morgan fingerprint density at radius 3 is 3.07 bits per heavy atom. The van der Waals surface area contributed by atoms with Crippen LogP contribution in [0.15, 0.2) is 23.0 Å². The second-order valence-corrected chi connectivity index (χ2v) is 3.93. The molecule has 0 saturated carbocycles. The van der Waals surface area contributed by atoms with Gasteiger partial charge in [-0.1, -0.05) is 0 Å². The van der Waals surface area contributed by atoms with Crippen LogP contribution in [-0.4, -0.2) is 23.9 Å². The number of hydrogen-bond donors (Lipinski definition) is 1. The van der Waals surface area contributed by atoms with Gasteiger partial charge in [0, 0.05) is 18.9 Å². The molecule has 1 aliphatic rings. The molecule has 1 aliphatic heterocycles. The Kier molecular flexibility index (Phi) is 2.89. The number of aliphatic hydroxyl groups excluding tert-OH is 1. The molecule has 1 N–H and O–H groups in total. The van der Waals surface area contributed by atoms with E-state index in [0.29, 0.717) is 6.42 Å². The van der Waals surface area contributed by atoms with Crippen LogP contribution in [0.25, 0.3) is 0 Å². The molecule has 0 aromatic carbocycles. The fraction of sp³-hybridized carbons (Fsp3) is 0.636. The molecular weight excluding hydrogens is 180 g/mol. The van der Waals surface area contributed by atoms with Crippen molar-refractivity contribution in [2.45, 2.75) is 32.0 Å².